The quantitative estimate of drug-likeness (QED) is 0.760. The Morgan fingerprint density at radius 3 is 2.75 bits per heavy atom. The summed E-state index contributed by atoms with van der Waals surface area (Å²) in [6.45, 7) is 0.292. The summed E-state index contributed by atoms with van der Waals surface area (Å²) in [5.74, 6) is 3.16. The van der Waals surface area contributed by atoms with Crippen LogP contribution in [0.1, 0.15) is 0 Å². The van der Waals surface area contributed by atoms with Gasteiger partial charge in [0.15, 0.2) is 0 Å². The first kappa shape index (κ1) is 9.63. The molecule has 62 valence electrons. The molecule has 0 radical (unpaired) electrons. The molecule has 0 spiro atoms. The van der Waals surface area contributed by atoms with Crippen molar-refractivity contribution in [1.29, 1.82) is 0 Å². The van der Waals surface area contributed by atoms with Crippen molar-refractivity contribution in [3.8, 4) is 18.1 Å². The molecule has 0 saturated carbocycles. The van der Waals surface area contributed by atoms with Crippen LogP contribution in [0.3, 0.4) is 0 Å². The minimum absolute atomic E-state index is 0.292. The lowest BCUT2D eigenvalue weighted by Gasteiger charge is -2.04. The molecule has 0 bridgehead atoms. The SMILES string of the molecule is C#CCOc1ccc(Br)cc1Br. The molecule has 0 saturated heterocycles. The third-order valence-corrected chi connectivity index (χ3v) is 2.32. The third-order valence-electron chi connectivity index (χ3n) is 1.20. The highest BCUT2D eigenvalue weighted by atomic mass is 79.9. The van der Waals surface area contributed by atoms with Gasteiger partial charge in [-0.3, -0.25) is 0 Å². The van der Waals surface area contributed by atoms with Crippen molar-refractivity contribution >= 4 is 31.9 Å². The Morgan fingerprint density at radius 2 is 2.17 bits per heavy atom. The number of terminal acetylenes is 1. The van der Waals surface area contributed by atoms with Crippen molar-refractivity contribution in [3.63, 3.8) is 0 Å². The maximum Gasteiger partial charge on any atom is 0.148 e. The van der Waals surface area contributed by atoms with E-state index in [0.29, 0.717) is 6.61 Å². The first-order valence-corrected chi connectivity index (χ1v) is 4.84. The summed E-state index contributed by atoms with van der Waals surface area (Å²) in [4.78, 5) is 0. The Morgan fingerprint density at radius 1 is 1.42 bits per heavy atom. The van der Waals surface area contributed by atoms with E-state index in [1.54, 1.807) is 0 Å². The van der Waals surface area contributed by atoms with Crippen LogP contribution < -0.4 is 4.74 Å². The molecule has 0 unspecified atom stereocenters. The Hall–Kier alpha value is -0.460. The standard InChI is InChI=1S/C9H6Br2O/c1-2-5-12-9-4-3-7(10)6-8(9)11/h1,3-4,6H,5H2. The van der Waals surface area contributed by atoms with E-state index in [-0.39, 0.29) is 0 Å². The lowest BCUT2D eigenvalue weighted by molar-refractivity contribution is 0.368. The molecule has 0 aliphatic rings. The van der Waals surface area contributed by atoms with Gasteiger partial charge in [0, 0.05) is 4.47 Å². The summed E-state index contributed by atoms with van der Waals surface area (Å²) in [6.07, 6.45) is 5.06. The smallest absolute Gasteiger partial charge is 0.148 e. The Kier molecular flexibility index (Phi) is 3.64. The van der Waals surface area contributed by atoms with Gasteiger partial charge in [-0.15, -0.1) is 6.42 Å². The summed E-state index contributed by atoms with van der Waals surface area (Å²) < 4.78 is 7.13. The molecule has 1 aromatic carbocycles. The second-order valence-electron chi connectivity index (χ2n) is 2.07. The van der Waals surface area contributed by atoms with Crippen molar-refractivity contribution in [2.24, 2.45) is 0 Å². The fourth-order valence-corrected chi connectivity index (χ4v) is 1.87. The van der Waals surface area contributed by atoms with Crippen LogP contribution in [0, 0.1) is 12.3 Å². The highest BCUT2D eigenvalue weighted by Gasteiger charge is 1.99. The summed E-state index contributed by atoms with van der Waals surface area (Å²) in [7, 11) is 0. The van der Waals surface area contributed by atoms with Crippen molar-refractivity contribution in [2.45, 2.75) is 0 Å². The predicted molar refractivity (Wildman–Crippen MR) is 56.2 cm³/mol. The molecular formula is C9H6Br2O. The minimum Gasteiger partial charge on any atom is -0.480 e. The van der Waals surface area contributed by atoms with E-state index in [2.05, 4.69) is 37.8 Å². The zero-order valence-corrected chi connectivity index (χ0v) is 9.35. The number of hydrogen-bond donors (Lipinski definition) is 0. The molecule has 0 aliphatic heterocycles. The van der Waals surface area contributed by atoms with Crippen LogP contribution in [0.5, 0.6) is 5.75 Å². The highest BCUT2D eigenvalue weighted by molar-refractivity contribution is 9.11. The third kappa shape index (κ3) is 2.54. The molecule has 3 heteroatoms. The molecule has 0 N–H and O–H groups in total. The van der Waals surface area contributed by atoms with Crippen molar-refractivity contribution in [2.75, 3.05) is 6.61 Å². The predicted octanol–water partition coefficient (Wildman–Crippen LogP) is 3.22. The molecule has 0 atom stereocenters. The normalized spacial score (nSPS) is 9.08. The number of rotatable bonds is 2. The Bertz CT molecular complexity index is 315. The van der Waals surface area contributed by atoms with Crippen molar-refractivity contribution in [3.05, 3.63) is 27.1 Å². The van der Waals surface area contributed by atoms with E-state index in [1.807, 2.05) is 18.2 Å². The molecule has 1 aromatic rings. The van der Waals surface area contributed by atoms with Crippen molar-refractivity contribution < 1.29 is 4.74 Å². The van der Waals surface area contributed by atoms with Crippen LogP contribution in [-0.4, -0.2) is 6.61 Å². The average molecular weight is 290 g/mol. The maximum atomic E-state index is 5.24. The lowest BCUT2D eigenvalue weighted by atomic mass is 10.3. The molecule has 1 rings (SSSR count). The van der Waals surface area contributed by atoms with Crippen LogP contribution in [0.4, 0.5) is 0 Å². The van der Waals surface area contributed by atoms with Crippen LogP contribution in [0.2, 0.25) is 0 Å². The number of hydrogen-bond acceptors (Lipinski definition) is 1. The Balaban J connectivity index is 2.81. The molecular weight excluding hydrogens is 284 g/mol. The minimum atomic E-state index is 0.292. The zero-order chi connectivity index (χ0) is 8.97. The van der Waals surface area contributed by atoms with Crippen LogP contribution >= 0.6 is 31.9 Å². The van der Waals surface area contributed by atoms with Crippen molar-refractivity contribution in [1.82, 2.24) is 0 Å². The molecule has 0 aliphatic carbocycles. The van der Waals surface area contributed by atoms with E-state index >= 15 is 0 Å². The highest BCUT2D eigenvalue weighted by Crippen LogP contribution is 2.27. The van der Waals surface area contributed by atoms with E-state index < -0.39 is 0 Å². The summed E-state index contributed by atoms with van der Waals surface area (Å²) in [6, 6.07) is 5.66. The topological polar surface area (TPSA) is 9.23 Å². The molecule has 1 nitrogen and oxygen atoms in total. The summed E-state index contributed by atoms with van der Waals surface area (Å²) in [5, 5.41) is 0. The maximum absolute atomic E-state index is 5.24. The average Bonchev–Trinajstić information content (AvgIpc) is 2.03. The molecule has 0 amide bonds. The van der Waals surface area contributed by atoms with Gasteiger partial charge < -0.3 is 4.74 Å². The second-order valence-corrected chi connectivity index (χ2v) is 3.84. The largest absolute Gasteiger partial charge is 0.480 e. The van der Waals surface area contributed by atoms with Gasteiger partial charge in [0.2, 0.25) is 0 Å². The van der Waals surface area contributed by atoms with Crippen LogP contribution in [-0.2, 0) is 0 Å². The van der Waals surface area contributed by atoms with E-state index in [0.717, 1.165) is 14.7 Å². The summed E-state index contributed by atoms with van der Waals surface area (Å²) >= 11 is 6.69. The van der Waals surface area contributed by atoms with E-state index in [1.165, 1.54) is 0 Å². The van der Waals surface area contributed by atoms with E-state index in [9.17, 15) is 0 Å². The Labute approximate surface area is 88.4 Å². The first-order chi connectivity index (χ1) is 5.74. The number of halogens is 2. The fraction of sp³-hybridized carbons (Fsp3) is 0.111. The molecule has 0 fully saturated rings. The van der Waals surface area contributed by atoms with Gasteiger partial charge >= 0.3 is 0 Å². The van der Waals surface area contributed by atoms with E-state index in [4.69, 9.17) is 11.2 Å². The number of benzene rings is 1. The van der Waals surface area contributed by atoms with Gasteiger partial charge in [0.05, 0.1) is 4.47 Å². The zero-order valence-electron chi connectivity index (χ0n) is 6.18. The fourth-order valence-electron chi connectivity index (χ4n) is 0.712. The first-order valence-electron chi connectivity index (χ1n) is 3.25. The van der Waals surface area contributed by atoms with Gasteiger partial charge in [-0.1, -0.05) is 21.9 Å². The molecule has 0 heterocycles. The van der Waals surface area contributed by atoms with Gasteiger partial charge in [-0.05, 0) is 34.1 Å². The monoisotopic (exact) mass is 288 g/mol. The molecule has 12 heavy (non-hydrogen) atoms. The number of ether oxygens (including phenoxy) is 1. The second kappa shape index (κ2) is 4.54. The van der Waals surface area contributed by atoms with Gasteiger partial charge in [0.25, 0.3) is 0 Å². The van der Waals surface area contributed by atoms with Crippen LogP contribution in [0.25, 0.3) is 0 Å². The van der Waals surface area contributed by atoms with Crippen LogP contribution in [0.15, 0.2) is 27.1 Å². The lowest BCUT2D eigenvalue weighted by Crippen LogP contribution is -1.93. The molecule has 0 aromatic heterocycles. The van der Waals surface area contributed by atoms with Gasteiger partial charge in [-0.2, -0.15) is 0 Å². The summed E-state index contributed by atoms with van der Waals surface area (Å²) in [5.41, 5.74) is 0. The van der Waals surface area contributed by atoms with Gasteiger partial charge in [-0.25, -0.2) is 0 Å². The van der Waals surface area contributed by atoms with Gasteiger partial charge in [0.1, 0.15) is 12.4 Å².